The van der Waals surface area contributed by atoms with Crippen molar-refractivity contribution < 1.29 is 17.9 Å². The predicted octanol–water partition coefficient (Wildman–Crippen LogP) is 4.22. The molecule has 0 N–H and O–H groups in total. The molecule has 5 nitrogen and oxygen atoms in total. The molecule has 2 heterocycles. The van der Waals surface area contributed by atoms with Crippen molar-refractivity contribution in [2.75, 3.05) is 17.5 Å². The summed E-state index contributed by atoms with van der Waals surface area (Å²) in [6.07, 6.45) is 0. The second kappa shape index (κ2) is 7.25. The summed E-state index contributed by atoms with van der Waals surface area (Å²) in [4.78, 5) is 1.22. The maximum absolute atomic E-state index is 13.4. The molecule has 0 saturated heterocycles. The van der Waals surface area contributed by atoms with Crippen molar-refractivity contribution in [3.8, 4) is 11.5 Å². The lowest BCUT2D eigenvalue weighted by atomic mass is 10.2. The minimum atomic E-state index is -3.73. The minimum absolute atomic E-state index is 0.257. The minimum Gasteiger partial charge on any atom is -0.486 e. The Hall–Kier alpha value is -2.51. The van der Waals surface area contributed by atoms with Gasteiger partial charge in [-0.2, -0.15) is 0 Å². The van der Waals surface area contributed by atoms with Gasteiger partial charge in [-0.05, 0) is 42.6 Å². The van der Waals surface area contributed by atoms with E-state index in [1.807, 2.05) is 24.4 Å². The van der Waals surface area contributed by atoms with Crippen LogP contribution in [-0.2, 0) is 16.6 Å². The van der Waals surface area contributed by atoms with Crippen LogP contribution >= 0.6 is 11.3 Å². The van der Waals surface area contributed by atoms with E-state index in [0.29, 0.717) is 30.4 Å². The van der Waals surface area contributed by atoms with Crippen molar-refractivity contribution in [3.05, 3.63) is 70.4 Å². The molecule has 1 aliphatic heterocycles. The predicted molar refractivity (Wildman–Crippen MR) is 106 cm³/mol. The molecule has 27 heavy (non-hydrogen) atoms. The number of fused-ring (bicyclic) bond motifs is 1. The van der Waals surface area contributed by atoms with Gasteiger partial charge >= 0.3 is 0 Å². The highest BCUT2D eigenvalue weighted by molar-refractivity contribution is 7.92. The normalized spacial score (nSPS) is 13.4. The maximum atomic E-state index is 13.4. The molecule has 0 fully saturated rings. The molecule has 0 saturated carbocycles. The van der Waals surface area contributed by atoms with Gasteiger partial charge in [-0.25, -0.2) is 8.42 Å². The van der Waals surface area contributed by atoms with Crippen LogP contribution in [0.15, 0.2) is 64.9 Å². The molecule has 0 amide bonds. The van der Waals surface area contributed by atoms with E-state index in [0.717, 1.165) is 10.4 Å². The van der Waals surface area contributed by atoms with Crippen molar-refractivity contribution >= 4 is 27.0 Å². The third-order valence-electron chi connectivity index (χ3n) is 4.30. The van der Waals surface area contributed by atoms with E-state index >= 15 is 0 Å². The Morgan fingerprint density at radius 1 is 1.00 bits per heavy atom. The maximum Gasteiger partial charge on any atom is 0.264 e. The first-order chi connectivity index (χ1) is 13.0. The third-order valence-corrected chi connectivity index (χ3v) is 6.95. The summed E-state index contributed by atoms with van der Waals surface area (Å²) in [5.74, 6) is 1.20. The molecule has 1 aromatic heterocycles. The summed E-state index contributed by atoms with van der Waals surface area (Å²) in [5, 5.41) is 1.94. The first-order valence-electron chi connectivity index (χ1n) is 8.55. The largest absolute Gasteiger partial charge is 0.486 e. The molecule has 1 aliphatic rings. The average Bonchev–Trinajstić information content (AvgIpc) is 3.19. The molecular formula is C20H19NO4S2. The summed E-state index contributed by atoms with van der Waals surface area (Å²) in [7, 11) is -3.73. The number of benzene rings is 2. The fourth-order valence-corrected chi connectivity index (χ4v) is 5.09. The summed E-state index contributed by atoms with van der Waals surface area (Å²) < 4.78 is 39.4. The van der Waals surface area contributed by atoms with E-state index in [4.69, 9.17) is 9.47 Å². The molecule has 0 bridgehead atoms. The van der Waals surface area contributed by atoms with Crippen LogP contribution in [0.1, 0.15) is 10.4 Å². The molecular weight excluding hydrogens is 382 g/mol. The summed E-state index contributed by atoms with van der Waals surface area (Å²) >= 11 is 1.53. The van der Waals surface area contributed by atoms with Gasteiger partial charge in [0.1, 0.15) is 13.2 Å². The van der Waals surface area contributed by atoms with E-state index in [2.05, 4.69) is 0 Å². The zero-order chi connectivity index (χ0) is 18.9. The summed E-state index contributed by atoms with van der Waals surface area (Å²) in [6.45, 7) is 3.13. The van der Waals surface area contributed by atoms with Gasteiger partial charge in [0.05, 0.1) is 17.1 Å². The van der Waals surface area contributed by atoms with Gasteiger partial charge in [0.15, 0.2) is 11.5 Å². The van der Waals surface area contributed by atoms with Crippen LogP contribution in [0.2, 0.25) is 0 Å². The molecule has 0 radical (unpaired) electrons. The lowest BCUT2D eigenvalue weighted by Gasteiger charge is -2.26. The number of thiophene rings is 1. The number of rotatable bonds is 5. The van der Waals surface area contributed by atoms with Crippen LogP contribution in [0.5, 0.6) is 11.5 Å². The zero-order valence-corrected chi connectivity index (χ0v) is 16.4. The highest BCUT2D eigenvalue weighted by Gasteiger charge is 2.27. The van der Waals surface area contributed by atoms with Gasteiger partial charge < -0.3 is 9.47 Å². The van der Waals surface area contributed by atoms with Gasteiger partial charge in [-0.1, -0.05) is 23.8 Å². The van der Waals surface area contributed by atoms with Gasteiger partial charge in [0.2, 0.25) is 0 Å². The van der Waals surface area contributed by atoms with E-state index in [-0.39, 0.29) is 11.4 Å². The van der Waals surface area contributed by atoms with Crippen molar-refractivity contribution in [2.24, 2.45) is 0 Å². The number of anilines is 1. The highest BCUT2D eigenvalue weighted by atomic mass is 32.2. The Balaban J connectivity index is 1.78. The van der Waals surface area contributed by atoms with Crippen LogP contribution < -0.4 is 13.8 Å². The van der Waals surface area contributed by atoms with Crippen LogP contribution in [0, 0.1) is 6.92 Å². The molecule has 0 aliphatic carbocycles. The van der Waals surface area contributed by atoms with E-state index < -0.39 is 10.0 Å². The molecule has 0 unspecified atom stereocenters. The lowest BCUT2D eigenvalue weighted by Crippen LogP contribution is -2.30. The number of ether oxygens (including phenoxy) is 2. The van der Waals surface area contributed by atoms with Crippen molar-refractivity contribution in [1.29, 1.82) is 0 Å². The SMILES string of the molecule is Cc1ccc(S(=O)(=O)N(Cc2cccs2)c2ccc3c(c2)OCCO3)cc1. The van der Waals surface area contributed by atoms with Gasteiger partial charge in [-0.15, -0.1) is 11.3 Å². The first-order valence-corrected chi connectivity index (χ1v) is 10.9. The van der Waals surface area contributed by atoms with E-state index in [1.165, 1.54) is 15.6 Å². The summed E-state index contributed by atoms with van der Waals surface area (Å²) in [5.41, 5.74) is 1.56. The quantitative estimate of drug-likeness (QED) is 0.642. The molecule has 0 atom stereocenters. The number of nitrogens with zero attached hydrogens (tertiary/aromatic N) is 1. The lowest BCUT2D eigenvalue weighted by molar-refractivity contribution is 0.171. The Morgan fingerprint density at radius 2 is 1.74 bits per heavy atom. The van der Waals surface area contributed by atoms with Gasteiger partial charge in [0, 0.05) is 10.9 Å². The number of aryl methyl sites for hydroxylation is 1. The molecule has 2 aromatic carbocycles. The molecule has 3 aromatic rings. The fourth-order valence-electron chi connectivity index (χ4n) is 2.88. The smallest absolute Gasteiger partial charge is 0.264 e. The van der Waals surface area contributed by atoms with Crippen LogP contribution in [0.4, 0.5) is 5.69 Å². The second-order valence-electron chi connectivity index (χ2n) is 6.23. The Morgan fingerprint density at radius 3 is 2.44 bits per heavy atom. The van der Waals surface area contributed by atoms with Crippen LogP contribution in [0.25, 0.3) is 0 Å². The van der Waals surface area contributed by atoms with Gasteiger partial charge in [-0.3, -0.25) is 4.31 Å². The van der Waals surface area contributed by atoms with Crippen molar-refractivity contribution in [1.82, 2.24) is 0 Å². The Labute approximate surface area is 162 Å². The van der Waals surface area contributed by atoms with Crippen molar-refractivity contribution in [2.45, 2.75) is 18.4 Å². The fraction of sp³-hybridized carbons (Fsp3) is 0.200. The highest BCUT2D eigenvalue weighted by Crippen LogP contribution is 2.36. The number of hydrogen-bond acceptors (Lipinski definition) is 5. The third kappa shape index (κ3) is 3.65. The molecule has 7 heteroatoms. The summed E-state index contributed by atoms with van der Waals surface area (Å²) in [6, 6.07) is 16.0. The molecule has 140 valence electrons. The average molecular weight is 402 g/mol. The number of sulfonamides is 1. The van der Waals surface area contributed by atoms with Crippen LogP contribution in [0.3, 0.4) is 0 Å². The molecule has 4 rings (SSSR count). The van der Waals surface area contributed by atoms with Crippen molar-refractivity contribution in [3.63, 3.8) is 0 Å². The Kier molecular flexibility index (Phi) is 4.80. The molecule has 0 spiro atoms. The van der Waals surface area contributed by atoms with E-state index in [9.17, 15) is 8.42 Å². The van der Waals surface area contributed by atoms with Crippen LogP contribution in [-0.4, -0.2) is 21.6 Å². The van der Waals surface area contributed by atoms with E-state index in [1.54, 1.807) is 42.5 Å². The second-order valence-corrected chi connectivity index (χ2v) is 9.13. The first kappa shape index (κ1) is 17.9. The monoisotopic (exact) mass is 401 g/mol. The Bertz CT molecular complexity index is 1030. The zero-order valence-electron chi connectivity index (χ0n) is 14.8. The topological polar surface area (TPSA) is 55.8 Å². The van der Waals surface area contributed by atoms with Gasteiger partial charge in [0.25, 0.3) is 10.0 Å². The standard InChI is InChI=1S/C20H19NO4S2/c1-15-4-7-18(8-5-15)27(22,23)21(14-17-3-2-12-26-17)16-6-9-19-20(13-16)25-11-10-24-19/h2-9,12-13H,10-11,14H2,1H3. The number of hydrogen-bond donors (Lipinski definition) is 0.